The molecule has 8 heteroatoms. The molecule has 0 aliphatic carbocycles. The van der Waals surface area contributed by atoms with Gasteiger partial charge in [-0.1, -0.05) is 19.9 Å². The van der Waals surface area contributed by atoms with Gasteiger partial charge < -0.3 is 10.6 Å². The lowest BCUT2D eigenvalue weighted by atomic mass is 10.2. The highest BCUT2D eigenvalue weighted by Gasteiger charge is 2.12. The topological polar surface area (TPSA) is 93.8 Å². The molecule has 0 atom stereocenters. The highest BCUT2D eigenvalue weighted by molar-refractivity contribution is 5.93. The summed E-state index contributed by atoms with van der Waals surface area (Å²) in [6, 6.07) is 6.21. The average Bonchev–Trinajstić information content (AvgIpc) is 3.24. The molecule has 3 rings (SSSR count). The molecule has 2 N–H and O–H groups in total. The number of carbonyl (C=O) groups excluding carboxylic acids is 2. The van der Waals surface area contributed by atoms with E-state index in [9.17, 15) is 9.59 Å². The van der Waals surface area contributed by atoms with E-state index in [0.717, 1.165) is 35.4 Å². The van der Waals surface area contributed by atoms with E-state index in [-0.39, 0.29) is 12.1 Å². The Morgan fingerprint density at radius 2 is 1.29 bits per heavy atom. The van der Waals surface area contributed by atoms with Crippen molar-refractivity contribution in [3.63, 3.8) is 0 Å². The highest BCUT2D eigenvalue weighted by atomic mass is 16.2. The third-order valence-electron chi connectivity index (χ3n) is 4.54. The lowest BCUT2D eigenvalue weighted by Gasteiger charge is -2.08. The van der Waals surface area contributed by atoms with Crippen LogP contribution >= 0.6 is 0 Å². The Morgan fingerprint density at radius 3 is 1.64 bits per heavy atom. The number of aromatic nitrogens is 4. The van der Waals surface area contributed by atoms with Crippen LogP contribution in [0.4, 0.5) is 21.0 Å². The molecule has 0 saturated heterocycles. The minimum atomic E-state index is -0.360. The summed E-state index contributed by atoms with van der Waals surface area (Å²) in [5.41, 5.74) is 4.83. The van der Waals surface area contributed by atoms with Crippen LogP contribution in [0.1, 0.15) is 36.4 Å². The van der Waals surface area contributed by atoms with Crippen LogP contribution in [0.25, 0.3) is 0 Å². The minimum Gasteiger partial charge on any atom is -0.306 e. The molecule has 8 nitrogen and oxygen atoms in total. The van der Waals surface area contributed by atoms with Crippen LogP contribution in [-0.4, -0.2) is 31.6 Å². The first-order chi connectivity index (χ1) is 13.4. The summed E-state index contributed by atoms with van der Waals surface area (Å²) in [5.74, 6) is 0. The maximum Gasteiger partial charge on any atom is 0.346 e. The molecule has 2 heterocycles. The summed E-state index contributed by atoms with van der Waals surface area (Å²) in [6.07, 6.45) is 5.07. The zero-order valence-electron chi connectivity index (χ0n) is 16.5. The zero-order chi connectivity index (χ0) is 20.3. The molecule has 28 heavy (non-hydrogen) atoms. The number of amides is 2. The number of nitrogens with one attached hydrogen (secondary N) is 2. The van der Waals surface area contributed by atoms with E-state index in [1.165, 1.54) is 9.36 Å². The van der Waals surface area contributed by atoms with E-state index in [1.54, 1.807) is 36.7 Å². The number of rotatable bonds is 4. The summed E-state index contributed by atoms with van der Waals surface area (Å²) in [7, 11) is 0. The molecule has 1 aromatic carbocycles. The van der Waals surface area contributed by atoms with Gasteiger partial charge in [0.2, 0.25) is 0 Å². The summed E-state index contributed by atoms with van der Waals surface area (Å²) < 4.78 is 2.58. The highest BCUT2D eigenvalue weighted by Crippen LogP contribution is 2.16. The van der Waals surface area contributed by atoms with Crippen LogP contribution in [0.3, 0.4) is 0 Å². The lowest BCUT2D eigenvalue weighted by Crippen LogP contribution is -2.21. The number of aryl methyl sites for hydroxylation is 4. The number of hydrogen-bond acceptors (Lipinski definition) is 4. The Kier molecular flexibility index (Phi) is 5.58. The summed E-state index contributed by atoms with van der Waals surface area (Å²) >= 11 is 0. The van der Waals surface area contributed by atoms with Crippen molar-refractivity contribution < 1.29 is 9.59 Å². The van der Waals surface area contributed by atoms with Gasteiger partial charge in [-0.25, -0.2) is 9.59 Å². The monoisotopic (exact) mass is 380 g/mol. The van der Waals surface area contributed by atoms with Crippen LogP contribution in [-0.2, 0) is 12.8 Å². The quantitative estimate of drug-likeness (QED) is 0.716. The molecule has 0 spiro atoms. The van der Waals surface area contributed by atoms with E-state index in [4.69, 9.17) is 0 Å². The van der Waals surface area contributed by atoms with Crippen molar-refractivity contribution in [1.82, 2.24) is 19.6 Å². The van der Waals surface area contributed by atoms with E-state index in [0.29, 0.717) is 11.4 Å². The van der Waals surface area contributed by atoms with Gasteiger partial charge in [0.1, 0.15) is 0 Å². The summed E-state index contributed by atoms with van der Waals surface area (Å²) in [5, 5.41) is 14.0. The minimum absolute atomic E-state index is 0.360. The smallest absolute Gasteiger partial charge is 0.306 e. The molecule has 0 aliphatic heterocycles. The molecule has 0 bridgehead atoms. The fourth-order valence-electron chi connectivity index (χ4n) is 2.93. The molecule has 2 aromatic heterocycles. The number of carbonyl (C=O) groups is 2. The van der Waals surface area contributed by atoms with Gasteiger partial charge in [-0.05, 0) is 56.0 Å². The second-order valence-electron chi connectivity index (χ2n) is 6.52. The molecule has 0 unspecified atom stereocenters. The maximum atomic E-state index is 12.4. The second kappa shape index (κ2) is 8.08. The number of hydrogen-bond donors (Lipinski definition) is 2. The van der Waals surface area contributed by atoms with E-state index >= 15 is 0 Å². The Hall–Kier alpha value is -3.42. The van der Waals surface area contributed by atoms with Crippen LogP contribution in [0, 0.1) is 13.8 Å². The van der Waals surface area contributed by atoms with Gasteiger partial charge in [0.25, 0.3) is 0 Å². The first kappa shape index (κ1) is 19.3. The fourth-order valence-corrected chi connectivity index (χ4v) is 2.93. The van der Waals surface area contributed by atoms with Crippen LogP contribution < -0.4 is 10.6 Å². The maximum absolute atomic E-state index is 12.4. The Bertz CT molecular complexity index is 940. The Balaban J connectivity index is 1.70. The first-order valence-corrected chi connectivity index (χ1v) is 9.24. The summed E-state index contributed by atoms with van der Waals surface area (Å²) in [6.45, 7) is 7.78. The van der Waals surface area contributed by atoms with Gasteiger partial charge >= 0.3 is 12.1 Å². The van der Waals surface area contributed by atoms with Gasteiger partial charge in [0, 0.05) is 23.8 Å². The van der Waals surface area contributed by atoms with Crippen molar-refractivity contribution in [2.75, 3.05) is 10.6 Å². The van der Waals surface area contributed by atoms with Gasteiger partial charge in [-0.15, -0.1) is 0 Å². The molecular weight excluding hydrogens is 356 g/mol. The largest absolute Gasteiger partial charge is 0.346 e. The first-order valence-electron chi connectivity index (χ1n) is 9.24. The number of anilines is 2. The fraction of sp³-hybridized carbons (Fsp3) is 0.300. The van der Waals surface area contributed by atoms with Crippen LogP contribution in [0.5, 0.6) is 0 Å². The van der Waals surface area contributed by atoms with Crippen LogP contribution in [0.15, 0.2) is 36.7 Å². The molecule has 0 fully saturated rings. The van der Waals surface area contributed by atoms with E-state index in [2.05, 4.69) is 20.8 Å². The Labute approximate surface area is 163 Å². The van der Waals surface area contributed by atoms with Crippen LogP contribution in [0.2, 0.25) is 0 Å². The molecule has 146 valence electrons. The third-order valence-corrected chi connectivity index (χ3v) is 4.54. The van der Waals surface area contributed by atoms with Crippen molar-refractivity contribution >= 4 is 23.4 Å². The van der Waals surface area contributed by atoms with Crippen molar-refractivity contribution in [2.45, 2.75) is 40.5 Å². The van der Waals surface area contributed by atoms with Gasteiger partial charge in [-0.2, -0.15) is 19.6 Å². The lowest BCUT2D eigenvalue weighted by molar-refractivity contribution is 0.250. The molecule has 0 saturated carbocycles. The molecular formula is C20H24N6O2. The predicted molar refractivity (Wildman–Crippen MR) is 108 cm³/mol. The number of benzene rings is 1. The van der Waals surface area contributed by atoms with E-state index in [1.807, 2.05) is 27.7 Å². The van der Waals surface area contributed by atoms with E-state index < -0.39 is 0 Å². The second-order valence-corrected chi connectivity index (χ2v) is 6.52. The van der Waals surface area contributed by atoms with Crippen molar-refractivity contribution in [1.29, 1.82) is 0 Å². The van der Waals surface area contributed by atoms with Crippen molar-refractivity contribution in [3.8, 4) is 0 Å². The molecule has 2 amide bonds. The van der Waals surface area contributed by atoms with Gasteiger partial charge in [-0.3, -0.25) is 0 Å². The molecule has 3 aromatic rings. The van der Waals surface area contributed by atoms with Crippen molar-refractivity contribution in [2.24, 2.45) is 0 Å². The number of nitrogens with zero attached hydrogens (tertiary/aromatic N) is 4. The van der Waals surface area contributed by atoms with Gasteiger partial charge in [0.15, 0.2) is 0 Å². The molecule has 0 radical (unpaired) electrons. The third kappa shape index (κ3) is 4.11. The summed E-state index contributed by atoms with van der Waals surface area (Å²) in [4.78, 5) is 24.8. The predicted octanol–water partition coefficient (Wildman–Crippen LogP) is 3.98. The van der Waals surface area contributed by atoms with Gasteiger partial charge in [0.05, 0.1) is 11.4 Å². The normalized spacial score (nSPS) is 10.7. The standard InChI is InChI=1S/C20H24N6O2/c1-5-15-11-25(23-13(15)3)19(27)21-17-8-7-9-18(10-17)22-20(28)26-12-16(6-2)14(4)24-26/h7-12H,5-6H2,1-4H3,(H,21,27)(H,22,28). The SMILES string of the molecule is CCc1cn(C(=O)Nc2cccc(NC(=O)n3cc(CC)c(C)n3)c2)nc1C. The van der Waals surface area contributed by atoms with Crippen molar-refractivity contribution in [3.05, 3.63) is 59.2 Å². The zero-order valence-corrected chi connectivity index (χ0v) is 16.5. The average molecular weight is 380 g/mol. The Morgan fingerprint density at radius 1 is 0.857 bits per heavy atom. The molecule has 0 aliphatic rings.